The van der Waals surface area contributed by atoms with Gasteiger partial charge in [0.1, 0.15) is 0 Å². The van der Waals surface area contributed by atoms with Crippen molar-refractivity contribution in [2.75, 3.05) is 25.0 Å². The lowest BCUT2D eigenvalue weighted by Crippen LogP contribution is -2.48. The minimum Gasteiger partial charge on any atom is -0.327 e. The molecule has 1 fully saturated rings. The average Bonchev–Trinajstić information content (AvgIpc) is 2.37. The summed E-state index contributed by atoms with van der Waals surface area (Å²) >= 11 is 0. The van der Waals surface area contributed by atoms with E-state index in [0.29, 0.717) is 12.5 Å². The van der Waals surface area contributed by atoms with Gasteiger partial charge in [0.05, 0.1) is 6.54 Å². The summed E-state index contributed by atoms with van der Waals surface area (Å²) in [6, 6.07) is 6.34. The van der Waals surface area contributed by atoms with E-state index in [1.165, 1.54) is 5.56 Å². The fourth-order valence-electron chi connectivity index (χ4n) is 2.74. The maximum atomic E-state index is 12.1. The van der Waals surface area contributed by atoms with Crippen LogP contribution in [0.4, 0.5) is 5.69 Å². The second kappa shape index (κ2) is 6.37. The molecular formula is C16H25N3O. The number of anilines is 1. The third kappa shape index (κ3) is 3.81. The second-order valence-corrected chi connectivity index (χ2v) is 6.03. The van der Waals surface area contributed by atoms with E-state index in [-0.39, 0.29) is 11.9 Å². The Morgan fingerprint density at radius 1 is 1.45 bits per heavy atom. The lowest BCUT2D eigenvalue weighted by atomic mass is 9.95. The predicted octanol–water partition coefficient (Wildman–Crippen LogP) is 1.91. The van der Waals surface area contributed by atoms with E-state index < -0.39 is 0 Å². The molecule has 0 radical (unpaired) electrons. The van der Waals surface area contributed by atoms with Crippen LogP contribution in [0.2, 0.25) is 0 Å². The maximum Gasteiger partial charge on any atom is 0.238 e. The van der Waals surface area contributed by atoms with Gasteiger partial charge in [-0.3, -0.25) is 9.69 Å². The van der Waals surface area contributed by atoms with Crippen LogP contribution in [0.3, 0.4) is 0 Å². The van der Waals surface area contributed by atoms with Crippen LogP contribution in [0, 0.1) is 19.8 Å². The number of likely N-dealkylation sites (tertiary alicyclic amines) is 1. The van der Waals surface area contributed by atoms with Crippen molar-refractivity contribution >= 4 is 11.6 Å². The van der Waals surface area contributed by atoms with Crippen LogP contribution in [-0.2, 0) is 4.79 Å². The van der Waals surface area contributed by atoms with Gasteiger partial charge in [0, 0.05) is 24.8 Å². The topological polar surface area (TPSA) is 58.4 Å². The van der Waals surface area contributed by atoms with Gasteiger partial charge in [0.25, 0.3) is 0 Å². The van der Waals surface area contributed by atoms with Crippen molar-refractivity contribution in [3.63, 3.8) is 0 Å². The predicted molar refractivity (Wildman–Crippen MR) is 82.7 cm³/mol. The van der Waals surface area contributed by atoms with E-state index in [0.717, 1.165) is 30.8 Å². The molecule has 2 rings (SSSR count). The van der Waals surface area contributed by atoms with Gasteiger partial charge in [-0.05, 0) is 37.8 Å². The fourth-order valence-corrected chi connectivity index (χ4v) is 2.74. The Hall–Kier alpha value is -1.39. The van der Waals surface area contributed by atoms with Crippen molar-refractivity contribution in [1.82, 2.24) is 4.90 Å². The lowest BCUT2D eigenvalue weighted by molar-refractivity contribution is -0.117. The Bertz CT molecular complexity index is 487. The van der Waals surface area contributed by atoms with Crippen LogP contribution in [0.1, 0.15) is 24.5 Å². The molecule has 4 heteroatoms. The number of nitrogens with one attached hydrogen (secondary N) is 1. The fraction of sp³-hybridized carbons (Fsp3) is 0.562. The van der Waals surface area contributed by atoms with E-state index in [2.05, 4.69) is 30.1 Å². The van der Waals surface area contributed by atoms with Gasteiger partial charge in [-0.2, -0.15) is 0 Å². The molecule has 0 bridgehead atoms. The Kier molecular flexibility index (Phi) is 4.78. The van der Waals surface area contributed by atoms with E-state index in [1.54, 1.807) is 0 Å². The molecule has 0 aliphatic carbocycles. The summed E-state index contributed by atoms with van der Waals surface area (Å²) in [6.45, 7) is 8.48. The van der Waals surface area contributed by atoms with Crippen LogP contribution in [0.25, 0.3) is 0 Å². The molecule has 1 aliphatic rings. The largest absolute Gasteiger partial charge is 0.327 e. The lowest BCUT2D eigenvalue weighted by Gasteiger charge is -2.34. The van der Waals surface area contributed by atoms with Crippen LogP contribution < -0.4 is 11.1 Å². The Labute approximate surface area is 121 Å². The Morgan fingerprint density at radius 2 is 2.20 bits per heavy atom. The van der Waals surface area contributed by atoms with Crippen molar-refractivity contribution in [1.29, 1.82) is 0 Å². The highest BCUT2D eigenvalue weighted by Crippen LogP contribution is 2.17. The van der Waals surface area contributed by atoms with E-state index >= 15 is 0 Å². The van der Waals surface area contributed by atoms with Gasteiger partial charge in [-0.15, -0.1) is 0 Å². The van der Waals surface area contributed by atoms with E-state index in [1.807, 2.05) is 19.1 Å². The number of aryl methyl sites for hydroxylation is 2. The first-order valence-electron chi connectivity index (χ1n) is 7.30. The van der Waals surface area contributed by atoms with E-state index in [4.69, 9.17) is 5.73 Å². The minimum absolute atomic E-state index is 0.0552. The first-order valence-corrected chi connectivity index (χ1v) is 7.30. The number of benzene rings is 1. The molecule has 1 heterocycles. The van der Waals surface area contributed by atoms with Gasteiger partial charge in [-0.25, -0.2) is 0 Å². The highest BCUT2D eigenvalue weighted by molar-refractivity contribution is 5.93. The molecule has 2 atom stereocenters. The number of carbonyl (C=O) groups is 1. The molecule has 1 aromatic carbocycles. The Morgan fingerprint density at radius 3 is 2.85 bits per heavy atom. The molecule has 1 amide bonds. The number of hydrogen-bond donors (Lipinski definition) is 2. The zero-order chi connectivity index (χ0) is 14.7. The molecule has 0 saturated carbocycles. The first-order chi connectivity index (χ1) is 9.45. The van der Waals surface area contributed by atoms with Crippen LogP contribution >= 0.6 is 0 Å². The summed E-state index contributed by atoms with van der Waals surface area (Å²) in [7, 11) is 0. The van der Waals surface area contributed by atoms with Gasteiger partial charge in [0.15, 0.2) is 0 Å². The van der Waals surface area contributed by atoms with Crippen molar-refractivity contribution < 1.29 is 4.79 Å². The molecule has 1 aromatic rings. The molecule has 20 heavy (non-hydrogen) atoms. The molecular weight excluding hydrogens is 250 g/mol. The molecule has 1 saturated heterocycles. The monoisotopic (exact) mass is 275 g/mol. The number of piperidine rings is 1. The standard InChI is InChI=1S/C16H25N3O/c1-11-4-5-15(12(2)8-11)18-16(20)10-19-7-6-14(17)13(3)9-19/h4-5,8,13-14H,6-7,9-10,17H2,1-3H3,(H,18,20). The maximum absolute atomic E-state index is 12.1. The van der Waals surface area contributed by atoms with Crippen LogP contribution in [0.15, 0.2) is 18.2 Å². The summed E-state index contributed by atoms with van der Waals surface area (Å²) in [5, 5.41) is 3.00. The van der Waals surface area contributed by atoms with Gasteiger partial charge in [0.2, 0.25) is 5.91 Å². The number of nitrogens with two attached hydrogens (primary N) is 1. The first kappa shape index (κ1) is 15.0. The van der Waals surface area contributed by atoms with Crippen molar-refractivity contribution in [2.24, 2.45) is 11.7 Å². The molecule has 2 unspecified atom stereocenters. The van der Waals surface area contributed by atoms with Gasteiger partial charge < -0.3 is 11.1 Å². The normalized spacial score (nSPS) is 23.6. The van der Waals surface area contributed by atoms with Crippen LogP contribution in [0.5, 0.6) is 0 Å². The molecule has 3 N–H and O–H groups in total. The summed E-state index contributed by atoms with van der Waals surface area (Å²) in [5.74, 6) is 0.511. The molecule has 1 aliphatic heterocycles. The number of hydrogen-bond acceptors (Lipinski definition) is 3. The molecule has 4 nitrogen and oxygen atoms in total. The number of amides is 1. The summed E-state index contributed by atoms with van der Waals surface area (Å²) in [6.07, 6.45) is 0.970. The van der Waals surface area contributed by atoms with Crippen LogP contribution in [-0.4, -0.2) is 36.5 Å². The zero-order valence-corrected chi connectivity index (χ0v) is 12.6. The minimum atomic E-state index is 0.0552. The highest BCUT2D eigenvalue weighted by atomic mass is 16.2. The average molecular weight is 275 g/mol. The summed E-state index contributed by atoms with van der Waals surface area (Å²) < 4.78 is 0. The van der Waals surface area contributed by atoms with Crippen molar-refractivity contribution in [3.8, 4) is 0 Å². The number of rotatable bonds is 3. The Balaban J connectivity index is 1.89. The summed E-state index contributed by atoms with van der Waals surface area (Å²) in [5.41, 5.74) is 9.22. The third-order valence-corrected chi connectivity index (χ3v) is 4.08. The number of nitrogens with zero attached hydrogens (tertiary/aromatic N) is 1. The molecule has 0 spiro atoms. The quantitative estimate of drug-likeness (QED) is 0.886. The summed E-state index contributed by atoms with van der Waals surface area (Å²) in [4.78, 5) is 14.3. The highest BCUT2D eigenvalue weighted by Gasteiger charge is 2.24. The molecule has 110 valence electrons. The second-order valence-electron chi connectivity index (χ2n) is 6.03. The van der Waals surface area contributed by atoms with Crippen molar-refractivity contribution in [2.45, 2.75) is 33.2 Å². The zero-order valence-electron chi connectivity index (χ0n) is 12.6. The van der Waals surface area contributed by atoms with Crippen molar-refractivity contribution in [3.05, 3.63) is 29.3 Å². The van der Waals surface area contributed by atoms with Gasteiger partial charge >= 0.3 is 0 Å². The SMILES string of the molecule is Cc1ccc(NC(=O)CN2CCC(N)C(C)C2)c(C)c1. The smallest absolute Gasteiger partial charge is 0.238 e. The number of carbonyl (C=O) groups excluding carboxylic acids is 1. The third-order valence-electron chi connectivity index (χ3n) is 4.08. The molecule has 0 aromatic heterocycles. The van der Waals surface area contributed by atoms with E-state index in [9.17, 15) is 4.79 Å². The van der Waals surface area contributed by atoms with Gasteiger partial charge in [-0.1, -0.05) is 24.6 Å².